The maximum Gasteiger partial charge on any atom is 0.420 e. The molecule has 4 rings (SSSR count). The van der Waals surface area contributed by atoms with Gasteiger partial charge in [0.15, 0.2) is 33.6 Å². The zero-order valence-corrected chi connectivity index (χ0v) is 74.1. The molecule has 0 heterocycles. The summed E-state index contributed by atoms with van der Waals surface area (Å²) in [5.41, 5.74) is -27.6. The van der Waals surface area contributed by atoms with E-state index in [9.17, 15) is 133 Å². The molecule has 6 N–H and O–H groups in total. The Labute approximate surface area is 685 Å². The van der Waals surface area contributed by atoms with Crippen molar-refractivity contribution in [3.63, 3.8) is 0 Å². The number of esters is 6. The van der Waals surface area contributed by atoms with Crippen molar-refractivity contribution < 1.29 is 167 Å². The van der Waals surface area contributed by atoms with Crippen molar-refractivity contribution >= 4 is 35.8 Å². The number of carbonyl (C=O) groups is 6. The van der Waals surface area contributed by atoms with E-state index in [1.165, 1.54) is 6.92 Å². The van der Waals surface area contributed by atoms with Crippen molar-refractivity contribution in [1.29, 1.82) is 0 Å². The third kappa shape index (κ3) is 29.8. The highest BCUT2D eigenvalue weighted by molar-refractivity contribution is 5.78. The lowest BCUT2D eigenvalue weighted by Gasteiger charge is -2.47. The Morgan fingerprint density at radius 2 is 0.653 bits per heavy atom. The highest BCUT2D eigenvalue weighted by Crippen LogP contribution is 2.55. The molecule has 0 radical (unpaired) electrons. The molecule has 0 aromatic rings. The van der Waals surface area contributed by atoms with Crippen molar-refractivity contribution in [3.8, 4) is 0 Å². The van der Waals surface area contributed by atoms with Crippen LogP contribution in [0.1, 0.15) is 316 Å². The van der Waals surface area contributed by atoms with Crippen molar-refractivity contribution in [2.45, 2.75) is 416 Å². The van der Waals surface area contributed by atoms with Gasteiger partial charge in [0.1, 0.15) is 36.1 Å². The molecular weight excluding hydrogens is 1610 g/mol. The predicted octanol–water partition coefficient (Wildman–Crippen LogP) is 20.5. The quantitative estimate of drug-likeness (QED) is 0.0253. The number of rotatable bonds is 27. The van der Waals surface area contributed by atoms with Crippen LogP contribution >= 0.6 is 0 Å². The Morgan fingerprint density at radius 3 is 0.966 bits per heavy atom. The normalized spacial score (nSPS) is 22.1. The molecule has 0 saturated heterocycles. The van der Waals surface area contributed by atoms with Crippen LogP contribution in [0.15, 0.2) is 0 Å². The van der Waals surface area contributed by atoms with Crippen LogP contribution in [-0.2, 0) is 57.2 Å². The molecule has 0 spiro atoms. The molecule has 4 saturated carbocycles. The molecule has 118 heavy (non-hydrogen) atoms. The highest BCUT2D eigenvalue weighted by atomic mass is 19.4. The molecule has 2 bridgehead atoms. The van der Waals surface area contributed by atoms with Crippen LogP contribution in [0, 0.1) is 62.1 Å². The van der Waals surface area contributed by atoms with Gasteiger partial charge in [-0.2, -0.15) is 79.0 Å². The van der Waals surface area contributed by atoms with E-state index in [2.05, 4.69) is 9.47 Å². The van der Waals surface area contributed by atoms with Gasteiger partial charge < -0.3 is 59.1 Å². The van der Waals surface area contributed by atoms with Crippen molar-refractivity contribution in [2.24, 2.45) is 62.1 Å². The molecule has 36 heteroatoms. The van der Waals surface area contributed by atoms with Gasteiger partial charge in [0.25, 0.3) is 0 Å². The van der Waals surface area contributed by atoms with Crippen LogP contribution in [-0.4, -0.2) is 173 Å². The molecule has 700 valence electrons. The van der Waals surface area contributed by atoms with Crippen LogP contribution in [0.2, 0.25) is 0 Å². The molecule has 4 aliphatic rings. The van der Waals surface area contributed by atoms with Crippen LogP contribution in [0.4, 0.5) is 79.0 Å². The fourth-order valence-electron chi connectivity index (χ4n) is 11.8. The molecule has 4 fully saturated rings. The standard InChI is InChI=1S/C17H27F3O3.2C16H27F3O3.C12H21F3O3.C11H19F3O3.C10H17F3O3/c1-5-15(2,3)14(21)23-13(16(4,22)17(18,19)20)12-9-10-6-7-11(12)8-10;1-6-13(2,3)12(20)22-14(4,11-9-7-8-10-11)15(5,21)16(17,18)19;1-5-14(2,3)13(20)22-12(11-9-7-6-8-10-11)15(4,21)16(17,18)19;1-7-9(2,3)8(16)18-10(4,5)11(6,17)12(13,14)15;1-6-9(3,4)8(15)17-7(2)10(5,16)11(12,13)14;1-5-8(2,3)7(14)16-6-9(4,15)10(11,12)13/h10-13,22H,5-9H2,1-4H3;11,21H,6-10H2,1-5H3;11-12,21H,5-10H2,1-4H3;17H,7H2,1-6H3;7,16H,6H2,1-5H3;15H,5-6H2,1-4H3. The zero-order valence-electron chi connectivity index (χ0n) is 74.1. The lowest BCUT2D eigenvalue weighted by atomic mass is 9.74. The average molecular weight is 1750 g/mol. The van der Waals surface area contributed by atoms with Gasteiger partial charge in [0, 0.05) is 11.8 Å². The summed E-state index contributed by atoms with van der Waals surface area (Å²) >= 11 is 0. The minimum absolute atomic E-state index is 0.108. The van der Waals surface area contributed by atoms with Crippen LogP contribution in [0.5, 0.6) is 0 Å². The monoisotopic (exact) mass is 1750 g/mol. The number of fused-ring (bicyclic) bond motifs is 2. The van der Waals surface area contributed by atoms with Gasteiger partial charge in [-0.15, -0.1) is 0 Å². The number of carbonyl (C=O) groups excluding carboxylic acids is 6. The number of hydrogen-bond acceptors (Lipinski definition) is 18. The largest absolute Gasteiger partial charge is 0.462 e. The van der Waals surface area contributed by atoms with E-state index in [4.69, 9.17) is 24.1 Å². The molecule has 0 aromatic carbocycles. The zero-order chi connectivity index (χ0) is 94.5. The van der Waals surface area contributed by atoms with Crippen LogP contribution in [0.3, 0.4) is 0 Å². The maximum absolute atomic E-state index is 13.4. The Morgan fingerprint density at radius 1 is 0.339 bits per heavy atom. The van der Waals surface area contributed by atoms with Crippen LogP contribution < -0.4 is 0 Å². The van der Waals surface area contributed by atoms with E-state index < -0.39 is 193 Å². The first kappa shape index (κ1) is 115. The summed E-state index contributed by atoms with van der Waals surface area (Å²) in [7, 11) is 0. The van der Waals surface area contributed by atoms with Gasteiger partial charge in [-0.25, -0.2) is 0 Å². The van der Waals surface area contributed by atoms with E-state index in [1.54, 1.807) is 125 Å². The Kier molecular flexibility index (Phi) is 40.5. The molecule has 0 aromatic heterocycles. The summed E-state index contributed by atoms with van der Waals surface area (Å²) in [5, 5.41) is 58.4. The first-order chi connectivity index (χ1) is 52.1. The number of ether oxygens (including phenoxy) is 6. The summed E-state index contributed by atoms with van der Waals surface area (Å²) < 4.78 is 262. The summed E-state index contributed by atoms with van der Waals surface area (Å²) in [5.74, 6) is -5.19. The highest BCUT2D eigenvalue weighted by Gasteiger charge is 2.68. The maximum atomic E-state index is 13.4. The smallest absolute Gasteiger partial charge is 0.420 e. The fourth-order valence-corrected chi connectivity index (χ4v) is 11.8. The Hall–Kier alpha value is -4.68. The minimum atomic E-state index is -4.88. The van der Waals surface area contributed by atoms with Crippen molar-refractivity contribution in [2.75, 3.05) is 6.61 Å². The fraction of sp³-hybridized carbons (Fsp3) is 0.927. The Balaban J connectivity index is 0. The van der Waals surface area contributed by atoms with E-state index in [1.807, 2.05) is 0 Å². The molecule has 0 amide bonds. The van der Waals surface area contributed by atoms with E-state index >= 15 is 0 Å². The summed E-state index contributed by atoms with van der Waals surface area (Å²) in [6.45, 7) is 36.9. The first-order valence-corrected chi connectivity index (χ1v) is 40.1. The van der Waals surface area contributed by atoms with Gasteiger partial charge in [0.05, 0.1) is 32.5 Å². The van der Waals surface area contributed by atoms with Gasteiger partial charge in [-0.3, -0.25) is 28.8 Å². The number of alkyl halides is 18. The SMILES string of the molecule is CCC(C)(C)C(=O)OC(C)(C)C(C)(O)C(F)(F)F.CCC(C)(C)C(=O)OC(C)(C1CCCC1)C(C)(O)C(F)(F)F.CCC(C)(C)C(=O)OC(C)C(C)(O)C(F)(F)F.CCC(C)(C)C(=O)OC(C1CC2CCC1C2)C(C)(O)C(F)(F)F.CCC(C)(C)C(=O)OC(C1CCCCC1)C(C)(O)C(F)(F)F.CCC(C)(C)C(=O)OCC(C)(O)C(F)(F)F. The summed E-state index contributed by atoms with van der Waals surface area (Å²) in [6, 6.07) is 0. The second-order valence-electron chi connectivity index (χ2n) is 37.7. The second kappa shape index (κ2) is 41.4. The van der Waals surface area contributed by atoms with Crippen molar-refractivity contribution in [3.05, 3.63) is 0 Å². The first-order valence-electron chi connectivity index (χ1n) is 40.1. The summed E-state index contributed by atoms with van der Waals surface area (Å²) in [4.78, 5) is 71.6. The van der Waals surface area contributed by atoms with Gasteiger partial charge in [-0.1, -0.05) is 80.1 Å². The second-order valence-corrected chi connectivity index (χ2v) is 37.7. The summed E-state index contributed by atoms with van der Waals surface area (Å²) in [6.07, 6.45) is -21.6. The topological polar surface area (TPSA) is 279 Å². The third-order valence-electron chi connectivity index (χ3n) is 25.4. The lowest BCUT2D eigenvalue weighted by molar-refractivity contribution is -0.321. The van der Waals surface area contributed by atoms with Gasteiger partial charge in [0.2, 0.25) is 0 Å². The van der Waals surface area contributed by atoms with E-state index in [0.717, 1.165) is 79.1 Å². The molecule has 13 unspecified atom stereocenters. The molecule has 18 nitrogen and oxygen atoms in total. The van der Waals surface area contributed by atoms with Gasteiger partial charge in [-0.05, 0) is 254 Å². The number of hydrogen-bond donors (Lipinski definition) is 6. The molecular formula is C82H138F18O18. The predicted molar refractivity (Wildman–Crippen MR) is 403 cm³/mol. The number of halogens is 18. The molecule has 4 aliphatic carbocycles. The number of aliphatic hydroxyl groups is 6. The van der Waals surface area contributed by atoms with E-state index in [0.29, 0.717) is 111 Å². The average Bonchev–Trinajstić information content (AvgIpc) is 1.34. The lowest BCUT2D eigenvalue weighted by Crippen LogP contribution is -2.65. The van der Waals surface area contributed by atoms with Gasteiger partial charge >= 0.3 is 72.9 Å². The van der Waals surface area contributed by atoms with Crippen molar-refractivity contribution in [1.82, 2.24) is 0 Å². The minimum Gasteiger partial charge on any atom is -0.462 e. The molecule has 13 atom stereocenters. The third-order valence-corrected chi connectivity index (χ3v) is 25.4. The Bertz CT molecular complexity index is 3160. The van der Waals surface area contributed by atoms with E-state index in [-0.39, 0.29) is 5.92 Å². The molecule has 0 aliphatic heterocycles. The van der Waals surface area contributed by atoms with Crippen LogP contribution in [0.25, 0.3) is 0 Å².